The first-order chi connectivity index (χ1) is 19.5. The van der Waals surface area contributed by atoms with Gasteiger partial charge in [0.1, 0.15) is 6.61 Å². The summed E-state index contributed by atoms with van der Waals surface area (Å²) in [5, 5.41) is 2.91. The van der Waals surface area contributed by atoms with Crippen LogP contribution in [0.5, 0.6) is 0 Å². The molecule has 0 aliphatic carbocycles. The van der Waals surface area contributed by atoms with Crippen molar-refractivity contribution in [2.24, 2.45) is 47.3 Å². The lowest BCUT2D eigenvalue weighted by Crippen LogP contribution is -2.59. The topological polar surface area (TPSA) is 84.5 Å². The Balaban J connectivity index is 1.72. The molecule has 0 aromatic heterocycles. The van der Waals surface area contributed by atoms with Crippen molar-refractivity contribution in [3.05, 3.63) is 0 Å². The van der Waals surface area contributed by atoms with Crippen molar-refractivity contribution in [2.45, 2.75) is 122 Å². The van der Waals surface area contributed by atoms with Crippen LogP contribution in [0, 0.1) is 47.3 Å². The molecule has 0 radical (unpaired) electrons. The summed E-state index contributed by atoms with van der Waals surface area (Å²) in [5.41, 5.74) is 0. The van der Waals surface area contributed by atoms with Crippen molar-refractivity contribution < 1.29 is 33.2 Å². The Bertz CT molecular complexity index is 861. The first kappa shape index (κ1) is 36.4. The van der Waals surface area contributed by atoms with Gasteiger partial charge >= 0.3 is 6.09 Å². The molecule has 1 N–H and O–H groups in total. The van der Waals surface area contributed by atoms with E-state index in [2.05, 4.69) is 74.6 Å². The Morgan fingerprint density at radius 1 is 0.667 bits per heavy atom. The number of nitrogens with one attached hydrogen (secondary N) is 1. The molecule has 11 heteroatoms. The monoisotopic (exact) mass is 657 g/mol. The van der Waals surface area contributed by atoms with Crippen molar-refractivity contribution in [2.75, 3.05) is 19.8 Å². The van der Waals surface area contributed by atoms with E-state index in [1.807, 2.05) is 0 Å². The van der Waals surface area contributed by atoms with Crippen LogP contribution < -0.4 is 5.32 Å². The van der Waals surface area contributed by atoms with Crippen molar-refractivity contribution in [3.63, 3.8) is 0 Å². The Labute approximate surface area is 268 Å². The third kappa shape index (κ3) is 9.02. The Hall–Kier alpha value is -0.0600. The van der Waals surface area contributed by atoms with Gasteiger partial charge in [0, 0.05) is 5.92 Å². The summed E-state index contributed by atoms with van der Waals surface area (Å²) in [5.74, 6) is 2.44. The molecule has 3 aliphatic rings. The summed E-state index contributed by atoms with van der Waals surface area (Å²) in [6.45, 7) is 22.1. The van der Waals surface area contributed by atoms with E-state index in [4.69, 9.17) is 63.2 Å². The van der Waals surface area contributed by atoms with Gasteiger partial charge in [-0.05, 0) is 54.8 Å². The zero-order valence-electron chi connectivity index (χ0n) is 27.0. The summed E-state index contributed by atoms with van der Waals surface area (Å²) in [6, 6.07) is -0.498. The summed E-state index contributed by atoms with van der Waals surface area (Å²) >= 11 is 17.4. The molecule has 7 unspecified atom stereocenters. The van der Waals surface area contributed by atoms with Crippen LogP contribution in [0.15, 0.2) is 0 Å². The van der Waals surface area contributed by atoms with Gasteiger partial charge in [0.25, 0.3) is 0 Å². The molecule has 3 rings (SSSR count). The molecule has 3 heterocycles. The summed E-state index contributed by atoms with van der Waals surface area (Å²) in [7, 11) is 0. The fourth-order valence-electron chi connectivity index (χ4n) is 6.64. The van der Waals surface area contributed by atoms with Gasteiger partial charge in [-0.15, -0.1) is 0 Å². The predicted octanol–water partition coefficient (Wildman–Crippen LogP) is 7.22. The summed E-state index contributed by atoms with van der Waals surface area (Å²) in [6.07, 6.45) is -0.889. The number of rotatable bonds is 9. The number of halogens is 3. The van der Waals surface area contributed by atoms with Crippen LogP contribution in [-0.2, 0) is 28.4 Å². The fraction of sp³-hybridized carbons (Fsp3) is 0.968. The number of ether oxygens (including phenoxy) is 6. The number of alkyl carbamates (subject to hydrolysis) is 1. The van der Waals surface area contributed by atoms with Crippen LogP contribution in [0.25, 0.3) is 0 Å². The minimum atomic E-state index is -1.71. The molecule has 1 amide bonds. The minimum absolute atomic E-state index is 0.0336. The van der Waals surface area contributed by atoms with Gasteiger partial charge in [0.15, 0.2) is 12.6 Å². The van der Waals surface area contributed by atoms with Gasteiger partial charge in [0.05, 0.1) is 43.7 Å². The van der Waals surface area contributed by atoms with E-state index in [1.165, 1.54) is 0 Å². The van der Waals surface area contributed by atoms with Crippen LogP contribution in [0.1, 0.15) is 75.7 Å². The van der Waals surface area contributed by atoms with Crippen molar-refractivity contribution in [1.29, 1.82) is 0 Å². The Morgan fingerprint density at radius 2 is 1.17 bits per heavy atom. The lowest BCUT2D eigenvalue weighted by molar-refractivity contribution is -0.289. The molecule has 0 saturated carbocycles. The first-order valence-electron chi connectivity index (χ1n) is 15.7. The van der Waals surface area contributed by atoms with Gasteiger partial charge in [-0.1, -0.05) is 97.1 Å². The van der Waals surface area contributed by atoms with E-state index in [0.717, 1.165) is 6.42 Å². The fourth-order valence-corrected chi connectivity index (χ4v) is 6.80. The normalized spacial score (nSPS) is 44.9. The average molecular weight is 659 g/mol. The van der Waals surface area contributed by atoms with Crippen molar-refractivity contribution in [1.82, 2.24) is 5.32 Å². The second kappa shape index (κ2) is 15.5. The largest absolute Gasteiger partial charge is 0.445 e. The highest BCUT2D eigenvalue weighted by Crippen LogP contribution is 2.39. The summed E-state index contributed by atoms with van der Waals surface area (Å²) < 4.78 is 35.6. The number of alkyl halides is 3. The number of amides is 1. The van der Waals surface area contributed by atoms with E-state index in [0.29, 0.717) is 42.8 Å². The van der Waals surface area contributed by atoms with E-state index in [9.17, 15) is 4.79 Å². The maximum Gasteiger partial charge on any atom is 0.407 e. The number of hydrogen-bond acceptors (Lipinski definition) is 7. The maximum absolute atomic E-state index is 12.7. The van der Waals surface area contributed by atoms with Crippen LogP contribution in [0.4, 0.5) is 4.79 Å². The molecule has 0 spiro atoms. The zero-order valence-corrected chi connectivity index (χ0v) is 29.2. The Kier molecular flexibility index (Phi) is 13.4. The molecule has 0 aromatic rings. The predicted molar refractivity (Wildman–Crippen MR) is 166 cm³/mol. The van der Waals surface area contributed by atoms with Crippen LogP contribution >= 0.6 is 34.8 Å². The third-order valence-electron chi connectivity index (χ3n) is 10.8. The van der Waals surface area contributed by atoms with Crippen LogP contribution in [0.2, 0.25) is 0 Å². The smallest absolute Gasteiger partial charge is 0.407 e. The highest BCUT2D eigenvalue weighted by atomic mass is 35.6. The lowest BCUT2D eigenvalue weighted by atomic mass is 9.77. The standard InChI is InChI=1S/C31H54Cl3NO7/c1-11-24-18(5)16(3)22(9)28(41-24)37-13-26-20(7)21(8)27(35-30(36)39-14-31(32,33)34)29(42-26)38-12-25-19(6)15(2)17(4)23(10)40-25/h15-29H,11-14H2,1-10H3,(H,35,36)/t15-,16+,17?,18+,19+,20+,21+,22?,23?,24?,25?,26?,27?,28-,29-/m1/s1. The molecule has 42 heavy (non-hydrogen) atoms. The first-order valence-corrected chi connectivity index (χ1v) is 16.9. The zero-order chi connectivity index (χ0) is 31.5. The average Bonchev–Trinajstić information content (AvgIpc) is 2.93. The lowest BCUT2D eigenvalue weighted by Gasteiger charge is -2.47. The second-order valence-electron chi connectivity index (χ2n) is 13.3. The third-order valence-corrected chi connectivity index (χ3v) is 11.2. The summed E-state index contributed by atoms with van der Waals surface area (Å²) in [4.78, 5) is 12.7. The molecule has 8 nitrogen and oxygen atoms in total. The maximum atomic E-state index is 12.7. The molecule has 3 fully saturated rings. The molecule has 3 aliphatic heterocycles. The highest BCUT2D eigenvalue weighted by molar-refractivity contribution is 6.67. The number of carbonyl (C=O) groups is 1. The van der Waals surface area contributed by atoms with Crippen molar-refractivity contribution >= 4 is 40.9 Å². The number of hydrogen-bond donors (Lipinski definition) is 1. The number of carbonyl (C=O) groups excluding carboxylic acids is 1. The van der Waals surface area contributed by atoms with E-state index in [-0.39, 0.29) is 55.1 Å². The van der Waals surface area contributed by atoms with Gasteiger partial charge in [-0.25, -0.2) is 4.79 Å². The van der Waals surface area contributed by atoms with Gasteiger partial charge < -0.3 is 33.7 Å². The highest BCUT2D eigenvalue weighted by Gasteiger charge is 2.46. The quantitative estimate of drug-likeness (QED) is 0.262. The van der Waals surface area contributed by atoms with Crippen LogP contribution in [0.3, 0.4) is 0 Å². The van der Waals surface area contributed by atoms with E-state index < -0.39 is 22.2 Å². The molecular weight excluding hydrogens is 605 g/mol. The van der Waals surface area contributed by atoms with Gasteiger partial charge in [0.2, 0.25) is 3.79 Å². The molecular formula is C31H54Cl3NO7. The SMILES string of the molecule is CCC1O[C@@H](OCC2O[C@@H](OCC3OC(C)C(C)[C@@H](C)[C@@H]3C)C(NC(=O)OCC(Cl)(Cl)Cl)[C@@H](C)[C@@H]2C)C(C)[C@@H](C)[C@@H]1C. The molecule has 0 bridgehead atoms. The minimum Gasteiger partial charge on any atom is -0.445 e. The van der Waals surface area contributed by atoms with Crippen LogP contribution in [-0.4, -0.2) is 72.7 Å². The van der Waals surface area contributed by atoms with Gasteiger partial charge in [-0.2, -0.15) is 0 Å². The Morgan fingerprint density at radius 3 is 1.76 bits per heavy atom. The van der Waals surface area contributed by atoms with E-state index >= 15 is 0 Å². The molecule has 15 atom stereocenters. The van der Waals surface area contributed by atoms with Crippen molar-refractivity contribution in [3.8, 4) is 0 Å². The van der Waals surface area contributed by atoms with Gasteiger partial charge in [-0.3, -0.25) is 0 Å². The molecule has 246 valence electrons. The molecule has 0 aromatic carbocycles. The second-order valence-corrected chi connectivity index (χ2v) is 15.8. The van der Waals surface area contributed by atoms with E-state index in [1.54, 1.807) is 0 Å². The molecule has 3 saturated heterocycles.